The molecule has 0 spiro atoms. The molecule has 5 nitrogen and oxygen atoms in total. The number of carbonyl (C=O) groups excluding carboxylic acids is 1. The van der Waals surface area contributed by atoms with Crippen LogP contribution in [0.15, 0.2) is 83.1 Å². The smallest absolute Gasteiger partial charge is 0.312 e. The van der Waals surface area contributed by atoms with Gasteiger partial charge < -0.3 is 9.64 Å². The van der Waals surface area contributed by atoms with Crippen molar-refractivity contribution in [2.75, 3.05) is 25.1 Å². The first-order chi connectivity index (χ1) is 19.9. The maximum atomic E-state index is 14.7. The van der Waals surface area contributed by atoms with E-state index in [0.717, 1.165) is 22.5 Å². The van der Waals surface area contributed by atoms with Crippen LogP contribution in [0.2, 0.25) is 0 Å². The molecule has 10 heteroatoms. The summed E-state index contributed by atoms with van der Waals surface area (Å²) in [6.07, 6.45) is -2.57. The largest absolute Gasteiger partial charge is 0.469 e. The molecule has 0 atom stereocenters. The Labute approximate surface area is 242 Å². The van der Waals surface area contributed by atoms with Crippen molar-refractivity contribution >= 4 is 45.8 Å². The summed E-state index contributed by atoms with van der Waals surface area (Å²) in [6.45, 7) is 1.07. The summed E-state index contributed by atoms with van der Waals surface area (Å²) >= 11 is 2.64. The summed E-state index contributed by atoms with van der Waals surface area (Å²) in [4.78, 5) is 15.2. The molecule has 2 aromatic heterocycles. The Hall–Kier alpha value is -4.20. The second-order valence-corrected chi connectivity index (χ2v) is 11.5. The van der Waals surface area contributed by atoms with Crippen molar-refractivity contribution in [3.05, 3.63) is 94.4 Å². The summed E-state index contributed by atoms with van der Waals surface area (Å²) in [5.41, 5.74) is 4.53. The van der Waals surface area contributed by atoms with Crippen LogP contribution in [0.4, 0.5) is 18.9 Å². The highest BCUT2D eigenvalue weighted by Gasteiger charge is 2.34. The van der Waals surface area contributed by atoms with Gasteiger partial charge in [0.05, 0.1) is 24.2 Å². The average molecular weight is 590 g/mol. The van der Waals surface area contributed by atoms with E-state index in [1.807, 2.05) is 39.7 Å². The quantitative estimate of drug-likeness (QED) is 0.179. The molecule has 6 rings (SSSR count). The van der Waals surface area contributed by atoms with Crippen molar-refractivity contribution in [2.24, 2.45) is 5.92 Å². The van der Waals surface area contributed by atoms with Crippen molar-refractivity contribution in [3.63, 3.8) is 0 Å². The number of thiophene rings is 1. The highest BCUT2D eigenvalue weighted by Crippen LogP contribution is 2.47. The number of hydrogen-bond acceptors (Lipinski definition) is 6. The number of nitriles is 1. The van der Waals surface area contributed by atoms with Gasteiger partial charge in [0.2, 0.25) is 0 Å². The zero-order valence-corrected chi connectivity index (χ0v) is 23.3. The summed E-state index contributed by atoms with van der Waals surface area (Å²) in [5, 5.41) is 12.3. The Morgan fingerprint density at radius 2 is 1.88 bits per heavy atom. The van der Waals surface area contributed by atoms with E-state index in [1.54, 1.807) is 18.2 Å². The standard InChI is InChI=1S/C31H22F3N3O2S2/c1-39-31(38)20-16-36(17-20)22-4-2-3-19(13-22)29-28(24-11-12-40-27(24)15-35)25-14-21(32)7-10-26(25)37(29)41-23-8-5-18(6-9-23)30(33)34/h2-14,20,30H,16-17H2,1H3. The number of nitrogens with zero attached hydrogens (tertiary/aromatic N) is 3. The molecular weight excluding hydrogens is 567 g/mol. The van der Waals surface area contributed by atoms with Gasteiger partial charge >= 0.3 is 5.97 Å². The molecule has 0 saturated carbocycles. The lowest BCUT2D eigenvalue weighted by atomic mass is 9.96. The van der Waals surface area contributed by atoms with Gasteiger partial charge in [-0.1, -0.05) is 24.3 Å². The number of alkyl halides is 2. The van der Waals surface area contributed by atoms with E-state index in [0.29, 0.717) is 39.4 Å². The first-order valence-corrected chi connectivity index (χ1v) is 14.3. The number of methoxy groups -OCH3 is 1. The number of benzene rings is 3. The maximum absolute atomic E-state index is 14.7. The lowest BCUT2D eigenvalue weighted by Crippen LogP contribution is -2.50. The summed E-state index contributed by atoms with van der Waals surface area (Å²) in [7, 11) is 1.38. The van der Waals surface area contributed by atoms with E-state index < -0.39 is 12.2 Å². The second-order valence-electron chi connectivity index (χ2n) is 9.59. The van der Waals surface area contributed by atoms with Gasteiger partial charge in [0.15, 0.2) is 0 Å². The third kappa shape index (κ3) is 4.96. The molecule has 1 aliphatic rings. The van der Waals surface area contributed by atoms with E-state index in [9.17, 15) is 23.2 Å². The van der Waals surface area contributed by atoms with Gasteiger partial charge in [-0.25, -0.2) is 13.2 Å². The van der Waals surface area contributed by atoms with Gasteiger partial charge in [0.25, 0.3) is 6.43 Å². The fourth-order valence-corrected chi connectivity index (χ4v) is 6.80. The van der Waals surface area contributed by atoms with Crippen LogP contribution < -0.4 is 4.90 Å². The number of fused-ring (bicyclic) bond motifs is 1. The monoisotopic (exact) mass is 589 g/mol. The van der Waals surface area contributed by atoms with Gasteiger partial charge in [-0.15, -0.1) is 11.3 Å². The fourth-order valence-electron chi connectivity index (χ4n) is 5.09. The molecule has 1 saturated heterocycles. The van der Waals surface area contributed by atoms with E-state index in [4.69, 9.17) is 4.74 Å². The van der Waals surface area contributed by atoms with Gasteiger partial charge in [-0.05, 0) is 65.9 Å². The zero-order chi connectivity index (χ0) is 28.7. The van der Waals surface area contributed by atoms with E-state index in [2.05, 4.69) is 11.0 Å². The summed E-state index contributed by atoms with van der Waals surface area (Å²) in [6, 6.07) is 22.6. The Kier molecular flexibility index (Phi) is 7.24. The minimum atomic E-state index is -2.57. The topological polar surface area (TPSA) is 58.3 Å². The van der Waals surface area contributed by atoms with Gasteiger partial charge in [0.1, 0.15) is 16.8 Å². The van der Waals surface area contributed by atoms with Crippen molar-refractivity contribution in [1.82, 2.24) is 3.97 Å². The minimum Gasteiger partial charge on any atom is -0.469 e. The molecule has 3 heterocycles. The molecule has 0 aliphatic carbocycles. The molecule has 1 aliphatic heterocycles. The zero-order valence-electron chi connectivity index (χ0n) is 21.7. The SMILES string of the molecule is COC(=O)C1CN(c2cccc(-c3c(-c4ccsc4C#N)c4cc(F)ccc4n3Sc3ccc(C(F)F)cc3)c2)C1. The van der Waals surface area contributed by atoms with Gasteiger partial charge in [0, 0.05) is 51.3 Å². The molecular formula is C31H22F3N3O2S2. The number of hydrogen-bond donors (Lipinski definition) is 0. The van der Waals surface area contributed by atoms with E-state index in [-0.39, 0.29) is 17.5 Å². The molecule has 41 heavy (non-hydrogen) atoms. The van der Waals surface area contributed by atoms with Crippen molar-refractivity contribution in [1.29, 1.82) is 5.26 Å². The third-order valence-electron chi connectivity index (χ3n) is 7.15. The van der Waals surface area contributed by atoms with Crippen LogP contribution in [0.3, 0.4) is 0 Å². The van der Waals surface area contributed by atoms with Gasteiger partial charge in [-0.2, -0.15) is 5.26 Å². The Morgan fingerprint density at radius 3 is 2.59 bits per heavy atom. The molecule has 0 unspecified atom stereocenters. The predicted octanol–water partition coefficient (Wildman–Crippen LogP) is 8.15. The summed E-state index contributed by atoms with van der Waals surface area (Å²) in [5.74, 6) is -0.840. The molecule has 0 amide bonds. The minimum absolute atomic E-state index is 0.0702. The van der Waals surface area contributed by atoms with Crippen molar-refractivity contribution < 1.29 is 22.7 Å². The number of carbonyl (C=O) groups is 1. The fraction of sp³-hybridized carbons (Fsp3) is 0.161. The Morgan fingerprint density at radius 1 is 1.10 bits per heavy atom. The Balaban J connectivity index is 1.54. The number of rotatable bonds is 7. The third-order valence-corrected chi connectivity index (χ3v) is 9.02. The van der Waals surface area contributed by atoms with E-state index >= 15 is 0 Å². The van der Waals surface area contributed by atoms with Crippen molar-refractivity contribution in [2.45, 2.75) is 11.3 Å². The summed E-state index contributed by atoms with van der Waals surface area (Å²) < 4.78 is 48.0. The first kappa shape index (κ1) is 27.0. The van der Waals surface area contributed by atoms with Crippen LogP contribution in [-0.4, -0.2) is 30.1 Å². The Bertz CT molecular complexity index is 1800. The van der Waals surface area contributed by atoms with Crippen LogP contribution in [0.1, 0.15) is 16.9 Å². The van der Waals surface area contributed by atoms with Crippen LogP contribution in [0.25, 0.3) is 33.3 Å². The number of ether oxygens (including phenoxy) is 1. The van der Waals surface area contributed by atoms with Crippen LogP contribution in [-0.2, 0) is 9.53 Å². The van der Waals surface area contributed by atoms with Crippen molar-refractivity contribution in [3.8, 4) is 28.5 Å². The lowest BCUT2D eigenvalue weighted by Gasteiger charge is -2.39. The number of anilines is 1. The first-order valence-electron chi connectivity index (χ1n) is 12.7. The van der Waals surface area contributed by atoms with Crippen LogP contribution >= 0.6 is 23.3 Å². The lowest BCUT2D eigenvalue weighted by molar-refractivity contribution is -0.146. The van der Waals surface area contributed by atoms with Gasteiger partial charge in [-0.3, -0.25) is 8.77 Å². The number of halogens is 3. The van der Waals surface area contributed by atoms with Crippen LogP contribution in [0.5, 0.6) is 0 Å². The average Bonchev–Trinajstić information content (AvgIpc) is 3.54. The molecule has 0 radical (unpaired) electrons. The molecule has 1 fully saturated rings. The second kappa shape index (κ2) is 11.0. The van der Waals surface area contributed by atoms with E-state index in [1.165, 1.54) is 54.7 Å². The molecule has 0 bridgehead atoms. The molecule has 0 N–H and O–H groups in total. The normalized spacial score (nSPS) is 13.4. The highest BCUT2D eigenvalue weighted by molar-refractivity contribution is 7.98. The molecule has 5 aromatic rings. The molecule has 3 aromatic carbocycles. The van der Waals surface area contributed by atoms with Crippen LogP contribution in [0, 0.1) is 23.1 Å². The highest BCUT2D eigenvalue weighted by atomic mass is 32.2. The maximum Gasteiger partial charge on any atom is 0.312 e. The molecule has 206 valence electrons. The number of esters is 1. The predicted molar refractivity (Wildman–Crippen MR) is 156 cm³/mol. The number of aromatic nitrogens is 1.